The molecule has 0 aliphatic rings. The van der Waals surface area contributed by atoms with E-state index in [1.165, 1.54) is 0 Å². The van der Waals surface area contributed by atoms with Crippen LogP contribution in [0.5, 0.6) is 0 Å². The van der Waals surface area contributed by atoms with Gasteiger partial charge in [0.25, 0.3) is 0 Å². The lowest BCUT2D eigenvalue weighted by Gasteiger charge is -2.06. The average molecular weight is 130 g/mol. The number of aldehydes is 1. The van der Waals surface area contributed by atoms with E-state index in [1.807, 2.05) is 13.8 Å². The Labute approximate surface area is 56.2 Å². The maximum Gasteiger partial charge on any atom is 0.148 e. The minimum absolute atomic E-state index is 0.176. The van der Waals surface area contributed by atoms with Gasteiger partial charge in [-0.2, -0.15) is 0 Å². The molecule has 0 aromatic heterocycles. The molecule has 1 unspecified atom stereocenters. The summed E-state index contributed by atoms with van der Waals surface area (Å²) in [6.07, 6.45) is 2.44. The lowest BCUT2D eigenvalue weighted by Crippen LogP contribution is -2.13. The van der Waals surface area contributed by atoms with Crippen LogP contribution in [0.3, 0.4) is 0 Å². The van der Waals surface area contributed by atoms with E-state index in [1.54, 1.807) is 0 Å². The fourth-order valence-corrected chi connectivity index (χ4v) is 0.523. The summed E-state index contributed by atoms with van der Waals surface area (Å²) < 4.78 is 5.12. The standard InChI is InChI=1S/C7H14O2/c1-3-5-9-7(4-2)6-8/h6-7H,3-5H2,1-2H3. The summed E-state index contributed by atoms with van der Waals surface area (Å²) in [6, 6.07) is 0. The van der Waals surface area contributed by atoms with Crippen LogP contribution in [0, 0.1) is 0 Å². The van der Waals surface area contributed by atoms with Crippen LogP contribution >= 0.6 is 0 Å². The van der Waals surface area contributed by atoms with Gasteiger partial charge in [-0.15, -0.1) is 0 Å². The second kappa shape index (κ2) is 5.76. The van der Waals surface area contributed by atoms with E-state index in [4.69, 9.17) is 4.74 Å². The molecule has 0 amide bonds. The van der Waals surface area contributed by atoms with Crippen molar-refractivity contribution in [3.63, 3.8) is 0 Å². The molecule has 1 atom stereocenters. The van der Waals surface area contributed by atoms with Crippen molar-refractivity contribution >= 4 is 6.29 Å². The minimum atomic E-state index is -0.176. The molecule has 54 valence electrons. The van der Waals surface area contributed by atoms with Crippen LogP contribution in [0.2, 0.25) is 0 Å². The van der Waals surface area contributed by atoms with E-state index in [0.29, 0.717) is 6.61 Å². The number of hydrogen-bond acceptors (Lipinski definition) is 2. The molecule has 0 saturated heterocycles. The summed E-state index contributed by atoms with van der Waals surface area (Å²) in [6.45, 7) is 4.66. The van der Waals surface area contributed by atoms with E-state index in [2.05, 4.69) is 0 Å². The number of hydrogen-bond donors (Lipinski definition) is 0. The van der Waals surface area contributed by atoms with Gasteiger partial charge in [-0.1, -0.05) is 13.8 Å². The lowest BCUT2D eigenvalue weighted by atomic mass is 10.3. The van der Waals surface area contributed by atoms with Crippen molar-refractivity contribution in [3.8, 4) is 0 Å². The fourth-order valence-electron chi connectivity index (χ4n) is 0.523. The molecule has 0 rings (SSSR count). The van der Waals surface area contributed by atoms with Gasteiger partial charge in [-0.05, 0) is 12.8 Å². The summed E-state index contributed by atoms with van der Waals surface area (Å²) in [4.78, 5) is 10.1. The molecule has 0 aromatic carbocycles. The van der Waals surface area contributed by atoms with Gasteiger partial charge < -0.3 is 9.53 Å². The van der Waals surface area contributed by atoms with Crippen LogP contribution in [0.15, 0.2) is 0 Å². The largest absolute Gasteiger partial charge is 0.371 e. The maximum absolute atomic E-state index is 10.1. The molecule has 0 aliphatic heterocycles. The monoisotopic (exact) mass is 130 g/mol. The second-order valence-corrected chi connectivity index (χ2v) is 1.95. The van der Waals surface area contributed by atoms with Crippen molar-refractivity contribution in [2.75, 3.05) is 6.61 Å². The first-order chi connectivity index (χ1) is 4.35. The number of carbonyl (C=O) groups excluding carboxylic acids is 1. The first-order valence-electron chi connectivity index (χ1n) is 3.42. The average Bonchev–Trinajstić information content (AvgIpc) is 1.91. The smallest absolute Gasteiger partial charge is 0.148 e. The Bertz CT molecular complexity index is 71.3. The van der Waals surface area contributed by atoms with Crippen LogP contribution in [0.1, 0.15) is 26.7 Å². The predicted octanol–water partition coefficient (Wildman–Crippen LogP) is 1.39. The van der Waals surface area contributed by atoms with Gasteiger partial charge in [-0.25, -0.2) is 0 Å². The van der Waals surface area contributed by atoms with E-state index in [-0.39, 0.29) is 6.10 Å². The summed E-state index contributed by atoms with van der Waals surface area (Å²) in [5.74, 6) is 0. The molecule has 2 heteroatoms. The molecular formula is C7H14O2. The van der Waals surface area contributed by atoms with Crippen LogP contribution in [-0.4, -0.2) is 19.0 Å². The molecule has 9 heavy (non-hydrogen) atoms. The Balaban J connectivity index is 3.20. The van der Waals surface area contributed by atoms with Gasteiger partial charge >= 0.3 is 0 Å². The lowest BCUT2D eigenvalue weighted by molar-refractivity contribution is -0.118. The Morgan fingerprint density at radius 3 is 2.56 bits per heavy atom. The molecule has 0 aliphatic carbocycles. The number of ether oxygens (including phenoxy) is 1. The topological polar surface area (TPSA) is 26.3 Å². The number of carbonyl (C=O) groups is 1. The highest BCUT2D eigenvalue weighted by atomic mass is 16.5. The van der Waals surface area contributed by atoms with Gasteiger partial charge in [0.1, 0.15) is 12.4 Å². The highest BCUT2D eigenvalue weighted by Gasteiger charge is 2.00. The van der Waals surface area contributed by atoms with Crippen LogP contribution in [0.4, 0.5) is 0 Å². The van der Waals surface area contributed by atoms with Crippen molar-refractivity contribution in [3.05, 3.63) is 0 Å². The quantitative estimate of drug-likeness (QED) is 0.526. The zero-order valence-corrected chi connectivity index (χ0v) is 6.09. The van der Waals surface area contributed by atoms with Crippen molar-refractivity contribution in [1.29, 1.82) is 0 Å². The van der Waals surface area contributed by atoms with Crippen LogP contribution in [0.25, 0.3) is 0 Å². The molecule has 0 fully saturated rings. The van der Waals surface area contributed by atoms with Crippen molar-refractivity contribution in [2.45, 2.75) is 32.8 Å². The van der Waals surface area contributed by atoms with Gasteiger partial charge in [-0.3, -0.25) is 0 Å². The van der Waals surface area contributed by atoms with Crippen LogP contribution in [-0.2, 0) is 9.53 Å². The third kappa shape index (κ3) is 4.15. The van der Waals surface area contributed by atoms with Gasteiger partial charge in [0.05, 0.1) is 0 Å². The summed E-state index contributed by atoms with van der Waals surface area (Å²) in [7, 11) is 0. The molecule has 0 N–H and O–H groups in total. The number of rotatable bonds is 5. The first kappa shape index (κ1) is 8.63. The molecule has 0 aromatic rings. The molecule has 0 saturated carbocycles. The Morgan fingerprint density at radius 2 is 2.22 bits per heavy atom. The predicted molar refractivity (Wildman–Crippen MR) is 36.4 cm³/mol. The third-order valence-corrected chi connectivity index (χ3v) is 1.09. The third-order valence-electron chi connectivity index (χ3n) is 1.09. The second-order valence-electron chi connectivity index (χ2n) is 1.95. The zero-order valence-electron chi connectivity index (χ0n) is 6.09. The normalized spacial score (nSPS) is 13.1. The minimum Gasteiger partial charge on any atom is -0.371 e. The molecule has 2 nitrogen and oxygen atoms in total. The molecule has 0 spiro atoms. The fraction of sp³-hybridized carbons (Fsp3) is 0.857. The van der Waals surface area contributed by atoms with Crippen molar-refractivity contribution in [2.24, 2.45) is 0 Å². The van der Waals surface area contributed by atoms with E-state index in [9.17, 15) is 4.79 Å². The summed E-state index contributed by atoms with van der Waals surface area (Å²) in [5, 5.41) is 0. The van der Waals surface area contributed by atoms with Crippen LogP contribution < -0.4 is 0 Å². The Morgan fingerprint density at radius 1 is 1.56 bits per heavy atom. The van der Waals surface area contributed by atoms with Crippen molar-refractivity contribution in [1.82, 2.24) is 0 Å². The highest BCUT2D eigenvalue weighted by Crippen LogP contribution is 1.93. The molecule has 0 heterocycles. The zero-order chi connectivity index (χ0) is 7.11. The maximum atomic E-state index is 10.1. The Kier molecular flexibility index (Phi) is 5.52. The highest BCUT2D eigenvalue weighted by molar-refractivity contribution is 5.55. The Hall–Kier alpha value is -0.370. The van der Waals surface area contributed by atoms with Crippen molar-refractivity contribution < 1.29 is 9.53 Å². The van der Waals surface area contributed by atoms with E-state index in [0.717, 1.165) is 19.1 Å². The molecule has 0 bridgehead atoms. The van der Waals surface area contributed by atoms with Gasteiger partial charge in [0, 0.05) is 6.61 Å². The van der Waals surface area contributed by atoms with E-state index >= 15 is 0 Å². The first-order valence-corrected chi connectivity index (χ1v) is 3.42. The summed E-state index contributed by atoms with van der Waals surface area (Å²) >= 11 is 0. The van der Waals surface area contributed by atoms with E-state index < -0.39 is 0 Å². The van der Waals surface area contributed by atoms with Gasteiger partial charge in [0.2, 0.25) is 0 Å². The SMILES string of the molecule is CCCOC(C=O)CC. The van der Waals surface area contributed by atoms with Gasteiger partial charge in [0.15, 0.2) is 0 Å². The molecular weight excluding hydrogens is 116 g/mol. The summed E-state index contributed by atoms with van der Waals surface area (Å²) in [5.41, 5.74) is 0. The molecule has 0 radical (unpaired) electrons.